The lowest BCUT2D eigenvalue weighted by Gasteiger charge is -2.15. The number of nitrogens with one attached hydrogen (secondary N) is 2. The number of carbonyl (C=O) groups excluding carboxylic acids is 2. The van der Waals surface area contributed by atoms with Crippen molar-refractivity contribution in [3.05, 3.63) is 34.4 Å². The van der Waals surface area contributed by atoms with Crippen molar-refractivity contribution in [2.45, 2.75) is 26.8 Å². The molecule has 0 unspecified atom stereocenters. The summed E-state index contributed by atoms with van der Waals surface area (Å²) in [5, 5.41) is 4.87. The first-order chi connectivity index (χ1) is 7.49. The fourth-order valence-electron chi connectivity index (χ4n) is 2.27. The van der Waals surface area contributed by atoms with Crippen molar-refractivity contribution >= 4 is 11.9 Å². The Morgan fingerprint density at radius 1 is 1.06 bits per heavy atom. The van der Waals surface area contributed by atoms with E-state index in [-0.39, 0.29) is 5.91 Å². The van der Waals surface area contributed by atoms with Crippen molar-refractivity contribution in [2.24, 2.45) is 0 Å². The Morgan fingerprint density at radius 3 is 2.06 bits per heavy atom. The number of hydrogen-bond donors (Lipinski definition) is 2. The van der Waals surface area contributed by atoms with E-state index in [0.29, 0.717) is 0 Å². The zero-order valence-electron chi connectivity index (χ0n) is 9.55. The smallest absolute Gasteiger partial charge is 0.322 e. The summed E-state index contributed by atoms with van der Waals surface area (Å²) in [4.78, 5) is 22.7. The molecule has 1 aliphatic heterocycles. The van der Waals surface area contributed by atoms with Gasteiger partial charge >= 0.3 is 6.03 Å². The molecule has 0 radical (unpaired) electrons. The number of urea groups is 1. The van der Waals surface area contributed by atoms with Gasteiger partial charge in [-0.15, -0.1) is 0 Å². The third-order valence-electron chi connectivity index (χ3n) is 2.80. The Morgan fingerprint density at radius 2 is 1.62 bits per heavy atom. The maximum Gasteiger partial charge on any atom is 0.322 e. The van der Waals surface area contributed by atoms with E-state index in [4.69, 9.17) is 0 Å². The monoisotopic (exact) mass is 218 g/mol. The molecule has 3 amide bonds. The first-order valence-corrected chi connectivity index (χ1v) is 5.18. The predicted octanol–water partition coefficient (Wildman–Crippen LogP) is 1.49. The summed E-state index contributed by atoms with van der Waals surface area (Å²) in [6.45, 7) is 5.91. The van der Waals surface area contributed by atoms with Gasteiger partial charge in [0.2, 0.25) is 0 Å². The van der Waals surface area contributed by atoms with E-state index in [0.717, 1.165) is 22.3 Å². The van der Waals surface area contributed by atoms with Gasteiger partial charge < -0.3 is 5.32 Å². The summed E-state index contributed by atoms with van der Waals surface area (Å²) in [6, 6.07) is 3.06. The molecule has 2 N–H and O–H groups in total. The van der Waals surface area contributed by atoms with E-state index in [2.05, 4.69) is 10.6 Å². The highest BCUT2D eigenvalue weighted by atomic mass is 16.2. The molecule has 4 nitrogen and oxygen atoms in total. The molecular weight excluding hydrogens is 204 g/mol. The molecule has 0 bridgehead atoms. The lowest BCUT2D eigenvalue weighted by Crippen LogP contribution is -2.22. The van der Waals surface area contributed by atoms with Crippen LogP contribution >= 0.6 is 0 Å². The lowest BCUT2D eigenvalue weighted by atomic mass is 9.94. The lowest BCUT2D eigenvalue weighted by molar-refractivity contribution is -0.120. The van der Waals surface area contributed by atoms with Crippen LogP contribution in [0, 0.1) is 20.8 Å². The van der Waals surface area contributed by atoms with Crippen LogP contribution in [0.2, 0.25) is 0 Å². The summed E-state index contributed by atoms with van der Waals surface area (Å²) >= 11 is 0. The van der Waals surface area contributed by atoms with Crippen LogP contribution in [-0.4, -0.2) is 11.9 Å². The van der Waals surface area contributed by atoms with Gasteiger partial charge in [-0.3, -0.25) is 10.1 Å². The van der Waals surface area contributed by atoms with Gasteiger partial charge in [0.25, 0.3) is 5.91 Å². The first kappa shape index (κ1) is 10.7. The quantitative estimate of drug-likeness (QED) is 0.702. The standard InChI is InChI=1S/C12H14N2O2/c1-6-4-7(2)9(8(3)5-6)10-11(15)14-12(16)13-10/h4-5,10H,1-3H3,(H2,13,14,15,16)/t10-/m0/s1. The fourth-order valence-corrected chi connectivity index (χ4v) is 2.27. The molecule has 1 aliphatic rings. The van der Waals surface area contributed by atoms with Gasteiger partial charge in [-0.25, -0.2) is 4.79 Å². The average Bonchev–Trinajstić information content (AvgIpc) is 2.43. The molecule has 2 rings (SSSR count). The van der Waals surface area contributed by atoms with Crippen LogP contribution in [0.15, 0.2) is 12.1 Å². The molecule has 1 heterocycles. The van der Waals surface area contributed by atoms with Gasteiger partial charge in [0.05, 0.1) is 0 Å². The zero-order valence-corrected chi connectivity index (χ0v) is 9.55. The Labute approximate surface area is 94.0 Å². The summed E-state index contributed by atoms with van der Waals surface area (Å²) in [5.74, 6) is -0.278. The average molecular weight is 218 g/mol. The number of carbonyl (C=O) groups is 2. The molecule has 0 aromatic heterocycles. The molecule has 0 aliphatic carbocycles. The van der Waals surface area contributed by atoms with Gasteiger partial charge in [0, 0.05) is 0 Å². The maximum atomic E-state index is 11.6. The topological polar surface area (TPSA) is 58.2 Å². The molecule has 1 aromatic carbocycles. The number of amides is 3. The molecule has 1 fully saturated rings. The highest BCUT2D eigenvalue weighted by molar-refractivity contribution is 6.04. The van der Waals surface area contributed by atoms with Crippen LogP contribution < -0.4 is 10.6 Å². The predicted molar refractivity (Wildman–Crippen MR) is 60.1 cm³/mol. The summed E-state index contributed by atoms with van der Waals surface area (Å²) in [6.07, 6.45) is 0. The number of imide groups is 1. The minimum atomic E-state index is -0.548. The van der Waals surface area contributed by atoms with Crippen molar-refractivity contribution in [1.82, 2.24) is 10.6 Å². The second-order valence-corrected chi connectivity index (χ2v) is 4.21. The Balaban J connectivity index is 2.48. The third kappa shape index (κ3) is 1.66. The Hall–Kier alpha value is -1.84. The van der Waals surface area contributed by atoms with Crippen molar-refractivity contribution in [2.75, 3.05) is 0 Å². The highest BCUT2D eigenvalue weighted by Gasteiger charge is 2.32. The van der Waals surface area contributed by atoms with E-state index in [9.17, 15) is 9.59 Å². The van der Waals surface area contributed by atoms with Crippen LogP contribution in [0.1, 0.15) is 28.3 Å². The van der Waals surface area contributed by atoms with Crippen LogP contribution in [0.25, 0.3) is 0 Å². The number of rotatable bonds is 1. The van der Waals surface area contributed by atoms with Crippen LogP contribution in [0.5, 0.6) is 0 Å². The second kappa shape index (κ2) is 3.63. The van der Waals surface area contributed by atoms with Gasteiger partial charge in [-0.1, -0.05) is 17.7 Å². The zero-order chi connectivity index (χ0) is 11.9. The fraction of sp³-hybridized carbons (Fsp3) is 0.333. The van der Waals surface area contributed by atoms with Crippen molar-refractivity contribution in [1.29, 1.82) is 0 Å². The van der Waals surface area contributed by atoms with Crippen molar-refractivity contribution in [3.63, 3.8) is 0 Å². The second-order valence-electron chi connectivity index (χ2n) is 4.21. The summed E-state index contributed by atoms with van der Waals surface area (Å²) < 4.78 is 0. The minimum Gasteiger partial charge on any atom is -0.322 e. The molecule has 0 saturated carbocycles. The summed E-state index contributed by atoms with van der Waals surface area (Å²) in [5.41, 5.74) is 4.11. The van der Waals surface area contributed by atoms with E-state index in [1.54, 1.807) is 0 Å². The molecular formula is C12H14N2O2. The minimum absolute atomic E-state index is 0.278. The maximum absolute atomic E-state index is 11.6. The van der Waals surface area contributed by atoms with Crippen LogP contribution in [0.4, 0.5) is 4.79 Å². The van der Waals surface area contributed by atoms with Crippen molar-refractivity contribution < 1.29 is 9.59 Å². The van der Waals surface area contributed by atoms with Gasteiger partial charge in [0.1, 0.15) is 6.04 Å². The number of benzene rings is 1. The highest BCUT2D eigenvalue weighted by Crippen LogP contribution is 2.25. The molecule has 1 saturated heterocycles. The van der Waals surface area contributed by atoms with E-state index in [1.807, 2.05) is 32.9 Å². The molecule has 4 heteroatoms. The molecule has 0 spiro atoms. The van der Waals surface area contributed by atoms with E-state index < -0.39 is 12.1 Å². The molecule has 84 valence electrons. The number of aryl methyl sites for hydroxylation is 3. The normalized spacial score (nSPS) is 19.6. The van der Waals surface area contributed by atoms with Gasteiger partial charge in [-0.05, 0) is 37.5 Å². The van der Waals surface area contributed by atoms with Gasteiger partial charge in [-0.2, -0.15) is 0 Å². The number of hydrogen-bond acceptors (Lipinski definition) is 2. The van der Waals surface area contributed by atoms with Gasteiger partial charge in [0.15, 0.2) is 0 Å². The summed E-state index contributed by atoms with van der Waals surface area (Å²) in [7, 11) is 0. The SMILES string of the molecule is Cc1cc(C)c([C@@H]2NC(=O)NC2=O)c(C)c1. The first-order valence-electron chi connectivity index (χ1n) is 5.18. The van der Waals surface area contributed by atoms with Crippen LogP contribution in [-0.2, 0) is 4.79 Å². The molecule has 16 heavy (non-hydrogen) atoms. The molecule has 1 aromatic rings. The Kier molecular flexibility index (Phi) is 2.42. The largest absolute Gasteiger partial charge is 0.322 e. The Bertz CT molecular complexity index is 457. The van der Waals surface area contributed by atoms with E-state index >= 15 is 0 Å². The molecule has 1 atom stereocenters. The van der Waals surface area contributed by atoms with Crippen LogP contribution in [0.3, 0.4) is 0 Å². The van der Waals surface area contributed by atoms with Crippen molar-refractivity contribution in [3.8, 4) is 0 Å². The van der Waals surface area contributed by atoms with E-state index in [1.165, 1.54) is 0 Å². The third-order valence-corrected chi connectivity index (χ3v) is 2.80.